The molecule has 0 aliphatic heterocycles. The zero-order valence-corrected chi connectivity index (χ0v) is 11.7. The Balaban J connectivity index is 2.28. The molecule has 0 bridgehead atoms. The van der Waals surface area contributed by atoms with Gasteiger partial charge in [0.1, 0.15) is 11.5 Å². The first-order valence-corrected chi connectivity index (χ1v) is 7.73. The Kier molecular flexibility index (Phi) is 4.27. The number of benzene rings is 1. The topological polar surface area (TPSA) is 60.4 Å². The van der Waals surface area contributed by atoms with Gasteiger partial charge in [0, 0.05) is 12.8 Å². The van der Waals surface area contributed by atoms with Gasteiger partial charge in [0.05, 0.1) is 0 Å². The minimum atomic E-state index is -5.69. The second kappa shape index (κ2) is 5.67. The Morgan fingerprint density at radius 3 is 2.24 bits per heavy atom. The largest absolute Gasteiger partial charge is 0.534 e. The monoisotopic (exact) mass is 322 g/mol. The van der Waals surface area contributed by atoms with Gasteiger partial charge in [-0.15, -0.1) is 0 Å². The summed E-state index contributed by atoms with van der Waals surface area (Å²) in [6.07, 6.45) is 1.63. The first-order valence-electron chi connectivity index (χ1n) is 6.32. The molecule has 0 unspecified atom stereocenters. The first-order chi connectivity index (χ1) is 9.71. The number of carbonyl (C=O) groups is 1. The average Bonchev–Trinajstić information content (AvgIpc) is 2.39. The molecule has 0 heterocycles. The van der Waals surface area contributed by atoms with Crippen LogP contribution in [0.25, 0.3) is 0 Å². The maximum Gasteiger partial charge on any atom is 0.534 e. The van der Waals surface area contributed by atoms with E-state index in [4.69, 9.17) is 0 Å². The van der Waals surface area contributed by atoms with Crippen LogP contribution in [0.2, 0.25) is 0 Å². The average molecular weight is 322 g/mol. The van der Waals surface area contributed by atoms with Crippen LogP contribution in [0.1, 0.15) is 37.2 Å². The predicted molar refractivity (Wildman–Crippen MR) is 68.3 cm³/mol. The molecule has 1 fully saturated rings. The molecule has 1 aliphatic rings. The molecule has 0 amide bonds. The molecule has 0 N–H and O–H groups in total. The standard InChI is InChI=1S/C13H13F3O4S/c14-13(15,16)21(18,19)20-12-4-2-1-3-11(12)9-5-7-10(17)8-6-9/h1-4,9H,5-8H2. The molecule has 116 valence electrons. The molecule has 0 atom stereocenters. The maximum absolute atomic E-state index is 12.4. The lowest BCUT2D eigenvalue weighted by Crippen LogP contribution is -2.28. The van der Waals surface area contributed by atoms with Crippen molar-refractivity contribution in [2.45, 2.75) is 37.1 Å². The van der Waals surface area contributed by atoms with Crippen LogP contribution in [0.15, 0.2) is 24.3 Å². The van der Waals surface area contributed by atoms with E-state index < -0.39 is 15.6 Å². The Bertz CT molecular complexity index is 627. The lowest BCUT2D eigenvalue weighted by molar-refractivity contribution is -0.120. The highest BCUT2D eigenvalue weighted by molar-refractivity contribution is 7.88. The van der Waals surface area contributed by atoms with E-state index in [1.54, 1.807) is 6.07 Å². The van der Waals surface area contributed by atoms with E-state index in [0.29, 0.717) is 31.2 Å². The second-order valence-corrected chi connectivity index (χ2v) is 6.37. The van der Waals surface area contributed by atoms with Crippen LogP contribution in [0.4, 0.5) is 13.2 Å². The third-order valence-electron chi connectivity index (χ3n) is 3.39. The minimum absolute atomic E-state index is 0.104. The van der Waals surface area contributed by atoms with Gasteiger partial charge < -0.3 is 4.18 Å². The maximum atomic E-state index is 12.4. The fourth-order valence-corrected chi connectivity index (χ4v) is 2.79. The fourth-order valence-electron chi connectivity index (χ4n) is 2.31. The van der Waals surface area contributed by atoms with Crippen LogP contribution in [0.3, 0.4) is 0 Å². The number of Topliss-reactive ketones (excluding diaryl/α,β-unsaturated/α-hetero) is 1. The fraction of sp³-hybridized carbons (Fsp3) is 0.462. The van der Waals surface area contributed by atoms with Crippen LogP contribution in [0.5, 0.6) is 5.75 Å². The van der Waals surface area contributed by atoms with Crippen molar-refractivity contribution in [3.63, 3.8) is 0 Å². The molecule has 1 saturated carbocycles. The number of hydrogen-bond acceptors (Lipinski definition) is 4. The van der Waals surface area contributed by atoms with Gasteiger partial charge in [0.15, 0.2) is 0 Å². The van der Waals surface area contributed by atoms with Gasteiger partial charge in [-0.1, -0.05) is 18.2 Å². The third kappa shape index (κ3) is 3.55. The highest BCUT2D eigenvalue weighted by atomic mass is 32.2. The second-order valence-electron chi connectivity index (χ2n) is 4.83. The van der Waals surface area contributed by atoms with Crippen molar-refractivity contribution in [1.82, 2.24) is 0 Å². The molecular weight excluding hydrogens is 309 g/mol. The number of carbonyl (C=O) groups excluding carboxylic acids is 1. The third-order valence-corrected chi connectivity index (χ3v) is 4.35. The summed E-state index contributed by atoms with van der Waals surface area (Å²) in [4.78, 5) is 11.2. The van der Waals surface area contributed by atoms with E-state index in [1.807, 2.05) is 0 Å². The van der Waals surface area contributed by atoms with Gasteiger partial charge in [0.25, 0.3) is 0 Å². The lowest BCUT2D eigenvalue weighted by Gasteiger charge is -2.23. The SMILES string of the molecule is O=C1CCC(c2ccccc2OS(=O)(=O)C(F)(F)F)CC1. The van der Waals surface area contributed by atoms with Crippen molar-refractivity contribution in [3.05, 3.63) is 29.8 Å². The summed E-state index contributed by atoms with van der Waals surface area (Å²) in [7, 11) is -5.69. The van der Waals surface area contributed by atoms with Crippen LogP contribution >= 0.6 is 0 Å². The van der Waals surface area contributed by atoms with Crippen molar-refractivity contribution in [1.29, 1.82) is 0 Å². The van der Waals surface area contributed by atoms with Gasteiger partial charge in [-0.2, -0.15) is 21.6 Å². The molecule has 4 nitrogen and oxygen atoms in total. The molecule has 0 saturated heterocycles. The van der Waals surface area contributed by atoms with E-state index >= 15 is 0 Å². The van der Waals surface area contributed by atoms with E-state index in [-0.39, 0.29) is 17.5 Å². The lowest BCUT2D eigenvalue weighted by atomic mass is 9.83. The number of para-hydroxylation sites is 1. The molecule has 0 radical (unpaired) electrons. The van der Waals surface area contributed by atoms with Gasteiger partial charge in [-0.25, -0.2) is 0 Å². The Labute approximate surface area is 120 Å². The predicted octanol–water partition coefficient (Wildman–Crippen LogP) is 3.14. The van der Waals surface area contributed by atoms with Crippen molar-refractivity contribution in [2.75, 3.05) is 0 Å². The van der Waals surface area contributed by atoms with Crippen LogP contribution in [-0.4, -0.2) is 19.7 Å². The number of rotatable bonds is 3. The van der Waals surface area contributed by atoms with E-state index in [0.717, 1.165) is 0 Å². The van der Waals surface area contributed by atoms with Gasteiger partial charge in [0.2, 0.25) is 0 Å². The quantitative estimate of drug-likeness (QED) is 0.633. The van der Waals surface area contributed by atoms with Crippen LogP contribution in [-0.2, 0) is 14.9 Å². The molecule has 1 aromatic carbocycles. The summed E-state index contributed by atoms with van der Waals surface area (Å²) >= 11 is 0. The number of alkyl halides is 3. The van der Waals surface area contributed by atoms with Crippen LogP contribution < -0.4 is 4.18 Å². The summed E-state index contributed by atoms with van der Waals surface area (Å²) in [5.74, 6) is -0.399. The molecule has 1 aliphatic carbocycles. The highest BCUT2D eigenvalue weighted by Crippen LogP contribution is 2.38. The summed E-state index contributed by atoms with van der Waals surface area (Å²) < 4.78 is 63.6. The summed E-state index contributed by atoms with van der Waals surface area (Å²) in [5.41, 5.74) is -5.08. The Hall–Kier alpha value is -1.57. The molecule has 0 aromatic heterocycles. The molecule has 21 heavy (non-hydrogen) atoms. The zero-order valence-electron chi connectivity index (χ0n) is 10.9. The number of hydrogen-bond donors (Lipinski definition) is 0. The van der Waals surface area contributed by atoms with Crippen molar-refractivity contribution in [3.8, 4) is 5.75 Å². The smallest absolute Gasteiger partial charge is 0.376 e. The molecule has 2 rings (SSSR count). The van der Waals surface area contributed by atoms with Crippen LogP contribution in [0, 0.1) is 0 Å². The minimum Gasteiger partial charge on any atom is -0.376 e. The summed E-state index contributed by atoms with van der Waals surface area (Å²) in [5, 5.41) is 0. The zero-order chi connectivity index (χ0) is 15.7. The molecule has 1 aromatic rings. The molecule has 0 spiro atoms. The first kappa shape index (κ1) is 15.8. The van der Waals surface area contributed by atoms with Gasteiger partial charge in [-0.05, 0) is 30.4 Å². The highest BCUT2D eigenvalue weighted by Gasteiger charge is 2.48. The van der Waals surface area contributed by atoms with Crippen molar-refractivity contribution in [2.24, 2.45) is 0 Å². The van der Waals surface area contributed by atoms with Crippen molar-refractivity contribution < 1.29 is 30.6 Å². The van der Waals surface area contributed by atoms with E-state index in [2.05, 4.69) is 4.18 Å². The molecule has 8 heteroatoms. The number of ketones is 1. The Morgan fingerprint density at radius 2 is 1.67 bits per heavy atom. The molecular formula is C13H13F3O4S. The number of halogens is 3. The van der Waals surface area contributed by atoms with Gasteiger partial charge in [-0.3, -0.25) is 4.79 Å². The normalized spacial score (nSPS) is 17.8. The van der Waals surface area contributed by atoms with E-state index in [9.17, 15) is 26.4 Å². The Morgan fingerprint density at radius 1 is 1.10 bits per heavy atom. The summed E-state index contributed by atoms with van der Waals surface area (Å²) in [6, 6.07) is 5.72. The van der Waals surface area contributed by atoms with Crippen molar-refractivity contribution >= 4 is 15.9 Å². The van der Waals surface area contributed by atoms with Gasteiger partial charge >= 0.3 is 15.6 Å². The summed E-state index contributed by atoms with van der Waals surface area (Å²) in [6.45, 7) is 0. The van der Waals surface area contributed by atoms with E-state index in [1.165, 1.54) is 18.2 Å².